The van der Waals surface area contributed by atoms with E-state index in [1.807, 2.05) is 0 Å². The van der Waals surface area contributed by atoms with Gasteiger partial charge in [0.05, 0.1) is 11.5 Å². The molecular weight excluding hydrogens is 252 g/mol. The maximum absolute atomic E-state index is 11.6. The zero-order valence-electron chi connectivity index (χ0n) is 10.5. The highest BCUT2D eigenvalue weighted by atomic mass is 16.6. The summed E-state index contributed by atoms with van der Waals surface area (Å²) in [5.74, 6) is -0.554. The Morgan fingerprint density at radius 1 is 1.58 bits per heavy atom. The van der Waals surface area contributed by atoms with E-state index in [-0.39, 0.29) is 23.7 Å². The summed E-state index contributed by atoms with van der Waals surface area (Å²) in [7, 11) is 0. The van der Waals surface area contributed by atoms with Crippen LogP contribution in [0.25, 0.3) is 0 Å². The summed E-state index contributed by atoms with van der Waals surface area (Å²) >= 11 is 0. The third-order valence-corrected chi connectivity index (χ3v) is 2.07. The highest BCUT2D eigenvalue weighted by Gasteiger charge is 2.25. The highest BCUT2D eigenvalue weighted by molar-refractivity contribution is 5.96. The molecule has 8 heteroatoms. The van der Waals surface area contributed by atoms with E-state index in [2.05, 4.69) is 10.5 Å². The lowest BCUT2D eigenvalue weighted by molar-refractivity contribution is -0.384. The Bertz CT molecular complexity index is 523. The molecule has 0 aromatic heterocycles. The Balaban J connectivity index is 3.25. The first kappa shape index (κ1) is 14.4. The number of benzene rings is 1. The van der Waals surface area contributed by atoms with Crippen molar-refractivity contribution in [1.29, 1.82) is 0 Å². The Morgan fingerprint density at radius 3 is 2.79 bits per heavy atom. The monoisotopic (exact) mass is 266 g/mol. The lowest BCUT2D eigenvalue weighted by Crippen LogP contribution is -2.11. The molecule has 0 fully saturated rings. The fourth-order valence-electron chi connectivity index (χ4n) is 1.35. The number of nitrogens with two attached hydrogens (primary N) is 1. The fourth-order valence-corrected chi connectivity index (χ4v) is 1.35. The van der Waals surface area contributed by atoms with Gasteiger partial charge in [0.2, 0.25) is 0 Å². The molecule has 0 atom stereocenters. The predicted molar refractivity (Wildman–Crippen MR) is 70.0 cm³/mol. The van der Waals surface area contributed by atoms with Gasteiger partial charge in [-0.25, -0.2) is 4.79 Å². The van der Waals surface area contributed by atoms with Gasteiger partial charge in [-0.2, -0.15) is 5.10 Å². The van der Waals surface area contributed by atoms with Crippen molar-refractivity contribution in [1.82, 2.24) is 0 Å². The minimum Gasteiger partial charge on any atom is -0.462 e. The summed E-state index contributed by atoms with van der Waals surface area (Å²) < 4.78 is 4.77. The number of nitrogens with one attached hydrogen (secondary N) is 1. The summed E-state index contributed by atoms with van der Waals surface area (Å²) in [4.78, 5) is 22.0. The van der Waals surface area contributed by atoms with Crippen molar-refractivity contribution in [2.75, 3.05) is 12.0 Å². The van der Waals surface area contributed by atoms with Crippen molar-refractivity contribution < 1.29 is 14.5 Å². The van der Waals surface area contributed by atoms with Crippen LogP contribution in [0.1, 0.15) is 24.2 Å². The van der Waals surface area contributed by atoms with Crippen molar-refractivity contribution >= 4 is 23.2 Å². The van der Waals surface area contributed by atoms with Gasteiger partial charge in [0.1, 0.15) is 17.1 Å². The normalized spacial score (nSPS) is 10.9. The molecule has 8 nitrogen and oxygen atoms in total. The van der Waals surface area contributed by atoms with Crippen molar-refractivity contribution in [3.8, 4) is 0 Å². The number of ether oxygens (including phenoxy) is 1. The number of hydrazone groups is 1. The van der Waals surface area contributed by atoms with Gasteiger partial charge in [0.25, 0.3) is 0 Å². The van der Waals surface area contributed by atoms with E-state index in [0.717, 1.165) is 0 Å². The second-order valence-electron chi connectivity index (χ2n) is 3.54. The summed E-state index contributed by atoms with van der Waals surface area (Å²) in [5, 5.41) is 14.7. The van der Waals surface area contributed by atoms with E-state index in [1.165, 1.54) is 25.1 Å². The number of para-hydroxylation sites is 1. The second-order valence-corrected chi connectivity index (χ2v) is 3.54. The summed E-state index contributed by atoms with van der Waals surface area (Å²) in [6.45, 7) is 3.27. The molecule has 0 saturated heterocycles. The van der Waals surface area contributed by atoms with Crippen molar-refractivity contribution in [3.05, 3.63) is 33.9 Å². The van der Waals surface area contributed by atoms with Gasteiger partial charge < -0.3 is 10.5 Å². The number of nitrogens with zero attached hydrogens (tertiary/aromatic N) is 2. The Labute approximate surface area is 109 Å². The Hall–Kier alpha value is -2.64. The molecular formula is C11H14N4O4. The molecule has 0 aliphatic carbocycles. The number of amidine groups is 1. The number of anilines is 1. The molecule has 0 spiro atoms. The minimum absolute atomic E-state index is 0.0698. The highest BCUT2D eigenvalue weighted by Crippen LogP contribution is 2.29. The van der Waals surface area contributed by atoms with Gasteiger partial charge in [-0.1, -0.05) is 6.07 Å². The zero-order chi connectivity index (χ0) is 14.4. The summed E-state index contributed by atoms with van der Waals surface area (Å²) in [6.07, 6.45) is 0. The van der Waals surface area contributed by atoms with Crippen LogP contribution in [-0.4, -0.2) is 23.3 Å². The molecule has 0 amide bonds. The van der Waals surface area contributed by atoms with Crippen LogP contribution in [0.2, 0.25) is 0 Å². The second kappa shape index (κ2) is 6.34. The first-order valence-electron chi connectivity index (χ1n) is 5.47. The summed E-state index contributed by atoms with van der Waals surface area (Å²) in [5.41, 5.74) is 7.32. The van der Waals surface area contributed by atoms with E-state index in [4.69, 9.17) is 10.5 Å². The SMILES string of the molecule is CCOC(=O)c1cccc(N/N=C(/C)N)c1[N+](=O)[O-]. The van der Waals surface area contributed by atoms with Crippen LogP contribution in [0.4, 0.5) is 11.4 Å². The number of carbonyl (C=O) groups excluding carboxylic acids is 1. The maximum Gasteiger partial charge on any atom is 0.345 e. The van der Waals surface area contributed by atoms with Crippen LogP contribution in [0, 0.1) is 10.1 Å². The number of carbonyl (C=O) groups is 1. The molecule has 0 aliphatic rings. The first-order chi connectivity index (χ1) is 8.97. The Kier molecular flexibility index (Phi) is 4.81. The van der Waals surface area contributed by atoms with Crippen molar-refractivity contribution in [2.24, 2.45) is 10.8 Å². The van der Waals surface area contributed by atoms with Crippen LogP contribution in [0.5, 0.6) is 0 Å². The van der Waals surface area contributed by atoms with Gasteiger partial charge >= 0.3 is 11.7 Å². The number of esters is 1. The number of nitro benzene ring substituents is 1. The third kappa shape index (κ3) is 3.66. The molecule has 102 valence electrons. The zero-order valence-corrected chi connectivity index (χ0v) is 10.5. The van der Waals surface area contributed by atoms with Gasteiger partial charge in [-0.15, -0.1) is 0 Å². The fraction of sp³-hybridized carbons (Fsp3) is 0.273. The molecule has 0 bridgehead atoms. The first-order valence-corrected chi connectivity index (χ1v) is 5.47. The molecule has 0 heterocycles. The van der Waals surface area contributed by atoms with Crippen molar-refractivity contribution in [2.45, 2.75) is 13.8 Å². The smallest absolute Gasteiger partial charge is 0.345 e. The van der Waals surface area contributed by atoms with E-state index < -0.39 is 16.6 Å². The topological polar surface area (TPSA) is 120 Å². The average molecular weight is 266 g/mol. The predicted octanol–water partition coefficient (Wildman–Crippen LogP) is 1.48. The van der Waals surface area contributed by atoms with Gasteiger partial charge in [-0.05, 0) is 26.0 Å². The molecule has 1 aromatic rings. The van der Waals surface area contributed by atoms with Gasteiger partial charge in [0, 0.05) is 0 Å². The maximum atomic E-state index is 11.6. The molecule has 3 N–H and O–H groups in total. The van der Waals surface area contributed by atoms with E-state index in [0.29, 0.717) is 0 Å². The van der Waals surface area contributed by atoms with Crippen molar-refractivity contribution in [3.63, 3.8) is 0 Å². The molecule has 0 aliphatic heterocycles. The largest absolute Gasteiger partial charge is 0.462 e. The molecule has 1 aromatic carbocycles. The quantitative estimate of drug-likeness (QED) is 0.274. The molecule has 0 unspecified atom stereocenters. The van der Waals surface area contributed by atoms with Gasteiger partial charge in [0.15, 0.2) is 0 Å². The van der Waals surface area contributed by atoms with Crippen LogP contribution in [-0.2, 0) is 4.74 Å². The van der Waals surface area contributed by atoms with Crippen LogP contribution >= 0.6 is 0 Å². The lowest BCUT2D eigenvalue weighted by Gasteiger charge is -2.07. The van der Waals surface area contributed by atoms with Crippen LogP contribution < -0.4 is 11.2 Å². The number of rotatable bonds is 5. The Morgan fingerprint density at radius 2 is 2.26 bits per heavy atom. The number of hydrogen-bond acceptors (Lipinski definition) is 6. The molecule has 1 rings (SSSR count). The van der Waals surface area contributed by atoms with Gasteiger partial charge in [-0.3, -0.25) is 15.5 Å². The number of hydrogen-bond donors (Lipinski definition) is 2. The third-order valence-electron chi connectivity index (χ3n) is 2.07. The van der Waals surface area contributed by atoms with Crippen LogP contribution in [0.3, 0.4) is 0 Å². The molecule has 0 radical (unpaired) electrons. The van der Waals surface area contributed by atoms with Crippen LogP contribution in [0.15, 0.2) is 23.3 Å². The lowest BCUT2D eigenvalue weighted by atomic mass is 10.1. The number of nitro groups is 1. The summed E-state index contributed by atoms with van der Waals surface area (Å²) in [6, 6.07) is 4.23. The minimum atomic E-state index is -0.758. The average Bonchev–Trinajstić information content (AvgIpc) is 2.35. The van der Waals surface area contributed by atoms with E-state index in [1.54, 1.807) is 6.92 Å². The van der Waals surface area contributed by atoms with E-state index >= 15 is 0 Å². The molecule has 0 saturated carbocycles. The molecule has 19 heavy (non-hydrogen) atoms. The van der Waals surface area contributed by atoms with E-state index in [9.17, 15) is 14.9 Å². The standard InChI is InChI=1S/C11H14N4O4/c1-3-19-11(16)8-5-4-6-9(10(8)15(17)18)14-13-7(2)12/h4-6,14H,3H2,1-2H3,(H2,12,13).